The topological polar surface area (TPSA) is 68.5 Å². The van der Waals surface area contributed by atoms with E-state index in [1.807, 2.05) is 18.2 Å². The van der Waals surface area contributed by atoms with Gasteiger partial charge in [-0.25, -0.2) is 4.79 Å². The number of amides is 1. The van der Waals surface area contributed by atoms with Crippen LogP contribution in [0, 0.1) is 6.92 Å². The van der Waals surface area contributed by atoms with Gasteiger partial charge in [0.25, 0.3) is 5.91 Å². The fraction of sp³-hybridized carbons (Fsp3) is 0.158. The molecular formula is C19H16ClNO4. The summed E-state index contributed by atoms with van der Waals surface area (Å²) in [7, 11) is 0. The number of carbonyl (C=O) groups is 2. The highest BCUT2D eigenvalue weighted by Gasteiger charge is 2.24. The van der Waals surface area contributed by atoms with Crippen molar-refractivity contribution >= 4 is 40.1 Å². The Bertz CT molecular complexity index is 948. The molecule has 128 valence electrons. The third-order valence-corrected chi connectivity index (χ3v) is 4.14. The average Bonchev–Trinajstić information content (AvgIpc) is 2.94. The maximum atomic E-state index is 12.3. The van der Waals surface area contributed by atoms with Crippen LogP contribution in [0.3, 0.4) is 0 Å². The molecule has 1 atom stereocenters. The number of furan rings is 1. The van der Waals surface area contributed by atoms with E-state index in [2.05, 4.69) is 5.32 Å². The maximum Gasteiger partial charge on any atom is 0.375 e. The van der Waals surface area contributed by atoms with Gasteiger partial charge < -0.3 is 14.5 Å². The second kappa shape index (κ2) is 6.99. The van der Waals surface area contributed by atoms with Gasteiger partial charge in [0.15, 0.2) is 6.10 Å². The number of para-hydroxylation sites is 2. The summed E-state index contributed by atoms with van der Waals surface area (Å²) in [5.74, 6) is -1.07. The number of fused-ring (bicyclic) bond motifs is 1. The zero-order valence-electron chi connectivity index (χ0n) is 13.7. The fourth-order valence-electron chi connectivity index (χ4n) is 2.43. The molecule has 3 rings (SSSR count). The van der Waals surface area contributed by atoms with Gasteiger partial charge >= 0.3 is 5.97 Å². The van der Waals surface area contributed by atoms with Crippen LogP contribution < -0.4 is 5.32 Å². The standard InChI is InChI=1S/C19H16ClNO4/c1-11-13-7-3-6-10-16(13)25-17(11)19(23)24-12(2)18(22)21-15-9-5-4-8-14(15)20/h3-10,12H,1-2H3,(H,21,22)/t12-/m0/s1. The Morgan fingerprint density at radius 1 is 1.12 bits per heavy atom. The molecule has 0 aliphatic carbocycles. The maximum absolute atomic E-state index is 12.3. The summed E-state index contributed by atoms with van der Waals surface area (Å²) >= 11 is 6.00. The predicted octanol–water partition coefficient (Wildman–Crippen LogP) is 4.58. The first kappa shape index (κ1) is 17.0. The second-order valence-electron chi connectivity index (χ2n) is 5.57. The van der Waals surface area contributed by atoms with Crippen LogP contribution in [0.15, 0.2) is 52.9 Å². The third kappa shape index (κ3) is 3.51. The minimum absolute atomic E-state index is 0.0959. The van der Waals surface area contributed by atoms with Gasteiger partial charge in [0.2, 0.25) is 5.76 Å². The SMILES string of the molecule is Cc1c(C(=O)O[C@@H](C)C(=O)Nc2ccccc2Cl)oc2ccccc12. The van der Waals surface area contributed by atoms with E-state index in [4.69, 9.17) is 20.8 Å². The number of nitrogens with one attached hydrogen (secondary N) is 1. The Labute approximate surface area is 149 Å². The number of carbonyl (C=O) groups excluding carboxylic acids is 2. The third-order valence-electron chi connectivity index (χ3n) is 3.81. The molecule has 1 N–H and O–H groups in total. The normalized spacial score (nSPS) is 12.0. The van der Waals surface area contributed by atoms with E-state index in [1.165, 1.54) is 6.92 Å². The second-order valence-corrected chi connectivity index (χ2v) is 5.98. The van der Waals surface area contributed by atoms with Crippen molar-refractivity contribution in [2.45, 2.75) is 20.0 Å². The molecule has 0 bridgehead atoms. The van der Waals surface area contributed by atoms with E-state index < -0.39 is 18.0 Å². The molecule has 1 amide bonds. The zero-order valence-corrected chi connectivity index (χ0v) is 14.5. The molecule has 0 aliphatic rings. The van der Waals surface area contributed by atoms with Gasteiger partial charge in [0.05, 0.1) is 10.7 Å². The monoisotopic (exact) mass is 357 g/mol. The van der Waals surface area contributed by atoms with Crippen LogP contribution in [0.5, 0.6) is 0 Å². The van der Waals surface area contributed by atoms with Crippen molar-refractivity contribution in [2.24, 2.45) is 0 Å². The molecule has 3 aromatic rings. The molecule has 0 saturated carbocycles. The summed E-state index contributed by atoms with van der Waals surface area (Å²) in [4.78, 5) is 24.6. The molecule has 0 aliphatic heterocycles. The lowest BCUT2D eigenvalue weighted by Crippen LogP contribution is -2.30. The van der Waals surface area contributed by atoms with E-state index in [0.717, 1.165) is 5.39 Å². The number of ether oxygens (including phenoxy) is 1. The van der Waals surface area contributed by atoms with Crippen LogP contribution in [-0.4, -0.2) is 18.0 Å². The lowest BCUT2D eigenvalue weighted by Gasteiger charge is -2.13. The van der Waals surface area contributed by atoms with Crippen LogP contribution in [-0.2, 0) is 9.53 Å². The first-order valence-electron chi connectivity index (χ1n) is 7.72. The number of anilines is 1. The van der Waals surface area contributed by atoms with Gasteiger partial charge in [0.1, 0.15) is 5.58 Å². The average molecular weight is 358 g/mol. The van der Waals surface area contributed by atoms with E-state index in [1.54, 1.807) is 37.3 Å². The molecule has 1 aromatic heterocycles. The van der Waals surface area contributed by atoms with Crippen molar-refractivity contribution in [3.05, 3.63) is 64.9 Å². The zero-order chi connectivity index (χ0) is 18.0. The number of aryl methyl sites for hydroxylation is 1. The molecule has 5 nitrogen and oxygen atoms in total. The number of esters is 1. The molecule has 25 heavy (non-hydrogen) atoms. The first-order valence-corrected chi connectivity index (χ1v) is 8.09. The molecule has 0 radical (unpaired) electrons. The number of hydrogen-bond donors (Lipinski definition) is 1. The summed E-state index contributed by atoms with van der Waals surface area (Å²) < 4.78 is 10.8. The predicted molar refractivity (Wildman–Crippen MR) is 95.9 cm³/mol. The van der Waals surface area contributed by atoms with E-state index in [9.17, 15) is 9.59 Å². The molecule has 0 unspecified atom stereocenters. The molecule has 0 fully saturated rings. The van der Waals surface area contributed by atoms with Crippen LogP contribution in [0.25, 0.3) is 11.0 Å². The fourth-order valence-corrected chi connectivity index (χ4v) is 2.62. The lowest BCUT2D eigenvalue weighted by molar-refractivity contribution is -0.123. The summed E-state index contributed by atoms with van der Waals surface area (Å²) in [5, 5.41) is 3.87. The van der Waals surface area contributed by atoms with Crippen molar-refractivity contribution in [1.29, 1.82) is 0 Å². The first-order chi connectivity index (χ1) is 12.0. The Balaban J connectivity index is 1.72. The number of rotatable bonds is 4. The van der Waals surface area contributed by atoms with Crippen molar-refractivity contribution in [3.8, 4) is 0 Å². The largest absolute Gasteiger partial charge is 0.449 e. The summed E-state index contributed by atoms with van der Waals surface area (Å²) in [6.45, 7) is 3.26. The molecule has 6 heteroatoms. The summed E-state index contributed by atoms with van der Waals surface area (Å²) in [5.41, 5.74) is 1.73. The van der Waals surface area contributed by atoms with Crippen molar-refractivity contribution in [3.63, 3.8) is 0 Å². The Hall–Kier alpha value is -2.79. The minimum atomic E-state index is -1.00. The molecule has 0 spiro atoms. The van der Waals surface area contributed by atoms with Crippen LogP contribution in [0.4, 0.5) is 5.69 Å². The number of benzene rings is 2. The molecule has 1 heterocycles. The van der Waals surface area contributed by atoms with Gasteiger partial charge in [-0.2, -0.15) is 0 Å². The highest BCUT2D eigenvalue weighted by molar-refractivity contribution is 6.33. The quantitative estimate of drug-likeness (QED) is 0.694. The van der Waals surface area contributed by atoms with Gasteiger partial charge in [-0.15, -0.1) is 0 Å². The lowest BCUT2D eigenvalue weighted by atomic mass is 10.1. The highest BCUT2D eigenvalue weighted by Crippen LogP contribution is 2.26. The van der Waals surface area contributed by atoms with Gasteiger partial charge in [0, 0.05) is 10.9 Å². The van der Waals surface area contributed by atoms with Gasteiger partial charge in [-0.05, 0) is 32.0 Å². The molecular weight excluding hydrogens is 342 g/mol. The summed E-state index contributed by atoms with van der Waals surface area (Å²) in [6.07, 6.45) is -1.00. The van der Waals surface area contributed by atoms with Gasteiger partial charge in [-0.1, -0.05) is 41.9 Å². The van der Waals surface area contributed by atoms with Crippen molar-refractivity contribution in [2.75, 3.05) is 5.32 Å². The minimum Gasteiger partial charge on any atom is -0.449 e. The van der Waals surface area contributed by atoms with Crippen LogP contribution in [0.1, 0.15) is 23.0 Å². The van der Waals surface area contributed by atoms with Gasteiger partial charge in [-0.3, -0.25) is 4.79 Å². The Kier molecular flexibility index (Phi) is 4.76. The Morgan fingerprint density at radius 3 is 2.52 bits per heavy atom. The van der Waals surface area contributed by atoms with E-state index in [-0.39, 0.29) is 5.76 Å². The van der Waals surface area contributed by atoms with Crippen molar-refractivity contribution in [1.82, 2.24) is 0 Å². The number of hydrogen-bond acceptors (Lipinski definition) is 4. The van der Waals surface area contributed by atoms with E-state index >= 15 is 0 Å². The number of halogens is 1. The highest BCUT2D eigenvalue weighted by atomic mass is 35.5. The van der Waals surface area contributed by atoms with E-state index in [0.29, 0.717) is 21.9 Å². The van der Waals surface area contributed by atoms with Crippen LogP contribution in [0.2, 0.25) is 5.02 Å². The Morgan fingerprint density at radius 2 is 1.80 bits per heavy atom. The van der Waals surface area contributed by atoms with Crippen molar-refractivity contribution < 1.29 is 18.7 Å². The molecule has 2 aromatic carbocycles. The van der Waals surface area contributed by atoms with Crippen LogP contribution >= 0.6 is 11.6 Å². The summed E-state index contributed by atoms with van der Waals surface area (Å²) in [6, 6.07) is 14.1. The molecule has 0 saturated heterocycles. The smallest absolute Gasteiger partial charge is 0.375 e.